The largest absolute Gasteiger partial charge is 0.497 e. The number of nitrogens with zero attached hydrogens (tertiary/aromatic N) is 1. The number of hydrogen-bond donors (Lipinski definition) is 2. The van der Waals surface area contributed by atoms with Crippen LogP contribution in [-0.2, 0) is 0 Å². The van der Waals surface area contributed by atoms with E-state index in [1.54, 1.807) is 7.11 Å². The highest BCUT2D eigenvalue weighted by Gasteiger charge is 2.10. The molecule has 0 unspecified atom stereocenters. The van der Waals surface area contributed by atoms with E-state index in [2.05, 4.69) is 20.9 Å². The summed E-state index contributed by atoms with van der Waals surface area (Å²) in [5.41, 5.74) is 7.65. The first-order valence-corrected chi connectivity index (χ1v) is 7.47. The molecule has 104 valence electrons. The fourth-order valence-electron chi connectivity index (χ4n) is 1.70. The van der Waals surface area contributed by atoms with E-state index in [1.807, 2.05) is 42.5 Å². The third kappa shape index (κ3) is 3.33. The molecule has 0 aliphatic rings. The molecule has 0 aromatic heterocycles. The van der Waals surface area contributed by atoms with Crippen LogP contribution in [0.1, 0.15) is 5.56 Å². The van der Waals surface area contributed by atoms with Crippen molar-refractivity contribution in [2.75, 3.05) is 7.11 Å². The van der Waals surface area contributed by atoms with Crippen molar-refractivity contribution < 1.29 is 4.74 Å². The Balaban J connectivity index is 2.39. The van der Waals surface area contributed by atoms with E-state index in [0.717, 1.165) is 38.3 Å². The molecule has 0 heterocycles. The van der Waals surface area contributed by atoms with Gasteiger partial charge < -0.3 is 10.5 Å². The second-order valence-corrected chi connectivity index (χ2v) is 5.46. The molecule has 0 saturated heterocycles. The van der Waals surface area contributed by atoms with E-state index in [-0.39, 0.29) is 0 Å². The van der Waals surface area contributed by atoms with Crippen LogP contribution in [-0.4, -0.2) is 12.9 Å². The van der Waals surface area contributed by atoms with E-state index < -0.39 is 0 Å². The van der Waals surface area contributed by atoms with Crippen LogP contribution in [0.15, 0.2) is 56.8 Å². The quantitative estimate of drug-likeness (QED) is 0.502. The third-order valence-electron chi connectivity index (χ3n) is 2.68. The van der Waals surface area contributed by atoms with Crippen LogP contribution in [0.2, 0.25) is 0 Å². The summed E-state index contributed by atoms with van der Waals surface area (Å²) in [5, 5.41) is 5.66. The zero-order chi connectivity index (χ0) is 14.5. The molecule has 0 aliphatic heterocycles. The van der Waals surface area contributed by atoms with Crippen LogP contribution in [0.5, 0.6) is 5.75 Å². The number of aliphatic imine (C=N–C) groups is 1. The number of benzene rings is 2. The topological polar surface area (TPSA) is 73.6 Å². The summed E-state index contributed by atoms with van der Waals surface area (Å²) in [6.45, 7) is 0. The fourth-order valence-corrected chi connectivity index (χ4v) is 2.89. The van der Waals surface area contributed by atoms with Gasteiger partial charge in [0.1, 0.15) is 11.6 Å². The van der Waals surface area contributed by atoms with Crippen molar-refractivity contribution >= 4 is 39.4 Å². The summed E-state index contributed by atoms with van der Waals surface area (Å²) >= 11 is 4.62. The molecule has 0 atom stereocenters. The summed E-state index contributed by atoms with van der Waals surface area (Å²) < 4.78 is 5.97. The Bertz CT molecular complexity index is 629. The van der Waals surface area contributed by atoms with Crippen LogP contribution >= 0.6 is 27.9 Å². The number of nitrogens with two attached hydrogens (primary N) is 2. The van der Waals surface area contributed by atoms with Gasteiger partial charge in [-0.1, -0.05) is 6.07 Å². The van der Waals surface area contributed by atoms with Gasteiger partial charge in [0, 0.05) is 14.9 Å². The zero-order valence-corrected chi connectivity index (χ0v) is 13.2. The molecule has 0 bridgehead atoms. The lowest BCUT2D eigenvalue weighted by atomic mass is 10.2. The molecule has 2 rings (SSSR count). The normalized spacial score (nSPS) is 11.4. The van der Waals surface area contributed by atoms with E-state index in [1.165, 1.54) is 0 Å². The minimum atomic E-state index is 0.413. The molecule has 0 saturated carbocycles. The lowest BCUT2D eigenvalue weighted by Gasteiger charge is -2.09. The second-order valence-electron chi connectivity index (χ2n) is 3.93. The molecular formula is C14H14BrN3OS. The molecule has 20 heavy (non-hydrogen) atoms. The number of methoxy groups -OCH3 is 1. The summed E-state index contributed by atoms with van der Waals surface area (Å²) in [6, 6.07) is 13.1. The number of ether oxygens (including phenoxy) is 1. The summed E-state index contributed by atoms with van der Waals surface area (Å²) in [5.74, 6) is 1.19. The third-order valence-corrected chi connectivity index (χ3v) is 3.94. The van der Waals surface area contributed by atoms with Crippen molar-refractivity contribution in [3.63, 3.8) is 0 Å². The first-order chi connectivity index (χ1) is 9.65. The van der Waals surface area contributed by atoms with Crippen molar-refractivity contribution in [1.82, 2.24) is 0 Å². The Morgan fingerprint density at radius 1 is 1.20 bits per heavy atom. The SMILES string of the molecule is COc1ccc(N=C(N)c2c(Br)cccc2SN)cc1. The molecule has 6 heteroatoms. The first-order valence-electron chi connectivity index (χ1n) is 5.79. The molecule has 0 spiro atoms. The van der Waals surface area contributed by atoms with Gasteiger partial charge in [-0.05, 0) is 64.3 Å². The molecule has 4 N–H and O–H groups in total. The Kier molecular flexibility index (Phi) is 5.05. The van der Waals surface area contributed by atoms with Gasteiger partial charge in [-0.2, -0.15) is 0 Å². The van der Waals surface area contributed by atoms with Crippen LogP contribution in [0.3, 0.4) is 0 Å². The van der Waals surface area contributed by atoms with Gasteiger partial charge in [-0.15, -0.1) is 0 Å². The van der Waals surface area contributed by atoms with Gasteiger partial charge in [-0.3, -0.25) is 5.14 Å². The molecule has 4 nitrogen and oxygen atoms in total. The number of amidine groups is 1. The summed E-state index contributed by atoms with van der Waals surface area (Å²) in [7, 11) is 1.62. The molecular weight excluding hydrogens is 338 g/mol. The lowest BCUT2D eigenvalue weighted by molar-refractivity contribution is 0.415. The van der Waals surface area contributed by atoms with Crippen molar-refractivity contribution in [2.24, 2.45) is 15.9 Å². The van der Waals surface area contributed by atoms with Gasteiger partial charge in [-0.25, -0.2) is 4.99 Å². The van der Waals surface area contributed by atoms with Gasteiger partial charge in [0.05, 0.1) is 12.8 Å². The predicted molar refractivity (Wildman–Crippen MR) is 87.6 cm³/mol. The van der Waals surface area contributed by atoms with Gasteiger partial charge in [0.15, 0.2) is 0 Å². The van der Waals surface area contributed by atoms with Gasteiger partial charge >= 0.3 is 0 Å². The second kappa shape index (κ2) is 6.78. The molecule has 2 aromatic carbocycles. The maximum atomic E-state index is 6.09. The van der Waals surface area contributed by atoms with Crippen molar-refractivity contribution in [3.05, 3.63) is 52.5 Å². The van der Waals surface area contributed by atoms with Crippen molar-refractivity contribution in [1.29, 1.82) is 0 Å². The van der Waals surface area contributed by atoms with Crippen LogP contribution < -0.4 is 15.6 Å². The van der Waals surface area contributed by atoms with E-state index in [0.29, 0.717) is 5.84 Å². The summed E-state index contributed by atoms with van der Waals surface area (Å²) in [6.07, 6.45) is 0. The van der Waals surface area contributed by atoms with E-state index in [4.69, 9.17) is 15.6 Å². The monoisotopic (exact) mass is 351 g/mol. The fraction of sp³-hybridized carbons (Fsp3) is 0.0714. The minimum Gasteiger partial charge on any atom is -0.497 e. The number of hydrogen-bond acceptors (Lipinski definition) is 4. The Morgan fingerprint density at radius 3 is 2.50 bits per heavy atom. The van der Waals surface area contributed by atoms with Gasteiger partial charge in [0.2, 0.25) is 0 Å². The molecule has 2 aromatic rings. The Labute approximate surface area is 130 Å². The molecule has 0 aliphatic carbocycles. The average Bonchev–Trinajstić information content (AvgIpc) is 2.47. The molecule has 0 amide bonds. The standard InChI is InChI=1S/C14H14BrN3OS/c1-19-10-7-5-9(6-8-10)18-14(16)13-11(15)3-2-4-12(13)20-17/h2-8H,17H2,1H3,(H2,16,18). The highest BCUT2D eigenvalue weighted by Crippen LogP contribution is 2.27. The molecule has 0 radical (unpaired) electrons. The minimum absolute atomic E-state index is 0.413. The van der Waals surface area contributed by atoms with Crippen LogP contribution in [0.4, 0.5) is 5.69 Å². The van der Waals surface area contributed by atoms with E-state index in [9.17, 15) is 0 Å². The number of halogens is 1. The van der Waals surface area contributed by atoms with Crippen molar-refractivity contribution in [2.45, 2.75) is 4.90 Å². The Hall–Kier alpha value is -1.50. The maximum absolute atomic E-state index is 6.09. The van der Waals surface area contributed by atoms with Crippen LogP contribution in [0, 0.1) is 0 Å². The number of rotatable bonds is 4. The zero-order valence-electron chi connectivity index (χ0n) is 10.8. The average molecular weight is 352 g/mol. The predicted octanol–water partition coefficient (Wildman–Crippen LogP) is 3.46. The van der Waals surface area contributed by atoms with Crippen molar-refractivity contribution in [3.8, 4) is 5.75 Å². The first kappa shape index (κ1) is 14.9. The van der Waals surface area contributed by atoms with E-state index >= 15 is 0 Å². The molecule has 0 fully saturated rings. The lowest BCUT2D eigenvalue weighted by Crippen LogP contribution is -2.15. The Morgan fingerprint density at radius 2 is 1.90 bits per heavy atom. The van der Waals surface area contributed by atoms with Gasteiger partial charge in [0.25, 0.3) is 0 Å². The highest BCUT2D eigenvalue weighted by atomic mass is 79.9. The maximum Gasteiger partial charge on any atom is 0.133 e. The summed E-state index contributed by atoms with van der Waals surface area (Å²) in [4.78, 5) is 5.28. The van der Waals surface area contributed by atoms with Crippen LogP contribution in [0.25, 0.3) is 0 Å². The smallest absolute Gasteiger partial charge is 0.133 e. The highest BCUT2D eigenvalue weighted by molar-refractivity contribution is 9.10.